The Balaban J connectivity index is 1.82. The van der Waals surface area contributed by atoms with Gasteiger partial charge in [0.25, 0.3) is 0 Å². The second kappa shape index (κ2) is 13.6. The van der Waals surface area contributed by atoms with Crippen LogP contribution in [0.15, 0.2) is 4.99 Å². The Morgan fingerprint density at radius 3 is 2.43 bits per heavy atom. The molecule has 0 bridgehead atoms. The lowest BCUT2D eigenvalue weighted by Crippen LogP contribution is -2.57. The van der Waals surface area contributed by atoms with E-state index in [2.05, 4.69) is 28.5 Å². The molecule has 0 aromatic carbocycles. The van der Waals surface area contributed by atoms with Crippen molar-refractivity contribution >= 4 is 18.0 Å². The van der Waals surface area contributed by atoms with E-state index in [1.54, 1.807) is 6.92 Å². The van der Waals surface area contributed by atoms with Crippen molar-refractivity contribution in [3.63, 3.8) is 0 Å². The van der Waals surface area contributed by atoms with Crippen LogP contribution in [-0.2, 0) is 14.3 Å². The molecule has 1 atom stereocenters. The van der Waals surface area contributed by atoms with E-state index in [0.29, 0.717) is 57.4 Å². The maximum absolute atomic E-state index is 13.7. The van der Waals surface area contributed by atoms with Crippen LogP contribution in [0.1, 0.15) is 65.2 Å². The average molecular weight is 491 g/mol. The highest BCUT2D eigenvalue weighted by molar-refractivity contribution is 5.96. The number of rotatable bonds is 7. The number of nitrogens with one attached hydrogen (secondary N) is 2. The van der Waals surface area contributed by atoms with Crippen molar-refractivity contribution < 1.29 is 19.1 Å². The molecule has 0 unspecified atom stereocenters. The fourth-order valence-electron chi connectivity index (χ4n) is 5.17. The number of alkyl carbamates (subject to hydrolysis) is 1. The molecular weight excluding hydrogens is 448 g/mol. The molecule has 0 spiro atoms. The molecule has 2 N–H and O–H groups in total. The summed E-state index contributed by atoms with van der Waals surface area (Å²) < 4.78 is 10.6. The second-order valence-corrected chi connectivity index (χ2v) is 9.77. The molecule has 0 aromatic heterocycles. The zero-order chi connectivity index (χ0) is 25.1. The Kier molecular flexibility index (Phi) is 10.6. The standard InChI is InChI=1S/C25H42N6O4/c1-3-30-12-10-25(19-26,11-13-30)29-22(32)21(18-20-8-6-5-7-9-20)27-23(28-24(33)35-4-2)31-14-16-34-17-15-31/h20-21H,3-18H2,1-2H3,(H,29,32)(H,27,28,33)/t21-/m0/s1. The number of aliphatic imine (C=N–C) groups is 1. The Morgan fingerprint density at radius 2 is 1.83 bits per heavy atom. The van der Waals surface area contributed by atoms with Gasteiger partial charge in [-0.05, 0) is 38.6 Å². The van der Waals surface area contributed by atoms with Gasteiger partial charge in [0.1, 0.15) is 11.6 Å². The fourth-order valence-corrected chi connectivity index (χ4v) is 5.17. The number of carbonyl (C=O) groups excluding carboxylic acids is 2. The number of nitrogens with zero attached hydrogens (tertiary/aromatic N) is 4. The molecule has 0 aromatic rings. The minimum absolute atomic E-state index is 0.238. The lowest BCUT2D eigenvalue weighted by molar-refractivity contribution is -0.124. The lowest BCUT2D eigenvalue weighted by Gasteiger charge is -2.38. The number of nitriles is 1. The normalized spacial score (nSPS) is 22.7. The summed E-state index contributed by atoms with van der Waals surface area (Å²) in [6.07, 6.45) is 6.91. The molecule has 0 radical (unpaired) electrons. The first-order valence-electron chi connectivity index (χ1n) is 13.3. The average Bonchev–Trinajstić information content (AvgIpc) is 2.89. The Labute approximate surface area is 209 Å². The number of hydrogen-bond donors (Lipinski definition) is 2. The van der Waals surface area contributed by atoms with Crippen LogP contribution in [0.3, 0.4) is 0 Å². The van der Waals surface area contributed by atoms with Gasteiger partial charge in [-0.15, -0.1) is 0 Å². The summed E-state index contributed by atoms with van der Waals surface area (Å²) >= 11 is 0. The monoisotopic (exact) mass is 490 g/mol. The second-order valence-electron chi connectivity index (χ2n) is 9.77. The number of amides is 2. The van der Waals surface area contributed by atoms with Crippen molar-refractivity contribution in [2.45, 2.75) is 76.8 Å². The van der Waals surface area contributed by atoms with Crippen molar-refractivity contribution in [3.8, 4) is 6.07 Å². The Bertz CT molecular complexity index is 762. The predicted octanol–water partition coefficient (Wildman–Crippen LogP) is 2.25. The van der Waals surface area contributed by atoms with Crippen LogP contribution < -0.4 is 10.6 Å². The Morgan fingerprint density at radius 1 is 1.14 bits per heavy atom. The van der Waals surface area contributed by atoms with Crippen LogP contribution in [0.25, 0.3) is 0 Å². The van der Waals surface area contributed by atoms with E-state index in [1.807, 2.05) is 4.90 Å². The number of carbonyl (C=O) groups is 2. The highest BCUT2D eigenvalue weighted by Gasteiger charge is 2.38. The van der Waals surface area contributed by atoms with Gasteiger partial charge in [-0.3, -0.25) is 10.1 Å². The molecule has 3 fully saturated rings. The molecule has 10 nitrogen and oxygen atoms in total. The zero-order valence-electron chi connectivity index (χ0n) is 21.4. The molecule has 2 saturated heterocycles. The summed E-state index contributed by atoms with van der Waals surface area (Å²) in [6.45, 7) is 8.78. The number of morpholine rings is 1. The lowest BCUT2D eigenvalue weighted by atomic mass is 9.84. The summed E-state index contributed by atoms with van der Waals surface area (Å²) in [4.78, 5) is 35.0. The number of guanidine groups is 1. The summed E-state index contributed by atoms with van der Waals surface area (Å²) in [5.41, 5.74) is -0.878. The molecule has 35 heavy (non-hydrogen) atoms. The first-order chi connectivity index (χ1) is 17.0. The molecular formula is C25H42N6O4. The van der Waals surface area contributed by atoms with Gasteiger partial charge in [0, 0.05) is 26.2 Å². The van der Waals surface area contributed by atoms with Crippen LogP contribution in [0, 0.1) is 17.2 Å². The largest absolute Gasteiger partial charge is 0.450 e. The van der Waals surface area contributed by atoms with E-state index in [1.165, 1.54) is 6.42 Å². The van der Waals surface area contributed by atoms with Gasteiger partial charge in [-0.25, -0.2) is 9.79 Å². The van der Waals surface area contributed by atoms with Crippen LogP contribution in [0.5, 0.6) is 0 Å². The maximum atomic E-state index is 13.7. The van der Waals surface area contributed by atoms with E-state index in [-0.39, 0.29) is 12.5 Å². The highest BCUT2D eigenvalue weighted by atomic mass is 16.5. The third kappa shape index (κ3) is 8.07. The highest BCUT2D eigenvalue weighted by Crippen LogP contribution is 2.29. The van der Waals surface area contributed by atoms with Gasteiger partial charge in [0.2, 0.25) is 11.9 Å². The zero-order valence-corrected chi connectivity index (χ0v) is 21.4. The minimum atomic E-state index is -0.878. The summed E-state index contributed by atoms with van der Waals surface area (Å²) in [5.74, 6) is 0.504. The van der Waals surface area contributed by atoms with E-state index >= 15 is 0 Å². The predicted molar refractivity (Wildman–Crippen MR) is 133 cm³/mol. The molecule has 1 saturated carbocycles. The fraction of sp³-hybridized carbons (Fsp3) is 0.840. The van der Waals surface area contributed by atoms with Crippen molar-refractivity contribution in [1.29, 1.82) is 5.26 Å². The molecule has 2 amide bonds. The molecule has 2 aliphatic heterocycles. The van der Waals surface area contributed by atoms with Crippen molar-refractivity contribution in [2.24, 2.45) is 10.9 Å². The summed E-state index contributed by atoms with van der Waals surface area (Å²) in [6, 6.07) is 1.71. The third-order valence-corrected chi connectivity index (χ3v) is 7.40. The van der Waals surface area contributed by atoms with Crippen molar-refractivity contribution in [1.82, 2.24) is 20.4 Å². The molecule has 1 aliphatic carbocycles. The van der Waals surface area contributed by atoms with E-state index < -0.39 is 17.7 Å². The van der Waals surface area contributed by atoms with Crippen LogP contribution in [0.2, 0.25) is 0 Å². The van der Waals surface area contributed by atoms with E-state index in [9.17, 15) is 14.9 Å². The van der Waals surface area contributed by atoms with E-state index in [0.717, 1.165) is 45.3 Å². The first-order valence-corrected chi connectivity index (χ1v) is 13.3. The number of piperidine rings is 1. The maximum Gasteiger partial charge on any atom is 0.413 e. The third-order valence-electron chi connectivity index (χ3n) is 7.40. The van der Waals surface area contributed by atoms with Gasteiger partial charge in [-0.1, -0.05) is 39.0 Å². The van der Waals surface area contributed by atoms with Gasteiger partial charge in [-0.2, -0.15) is 5.26 Å². The SMILES string of the molecule is CCOC(=O)NC(=N[C@@H](CC1CCCCC1)C(=O)NC1(C#N)CCN(CC)CC1)N1CCOCC1. The first kappa shape index (κ1) is 27.2. The van der Waals surface area contributed by atoms with Crippen LogP contribution in [0.4, 0.5) is 4.79 Å². The van der Waals surface area contributed by atoms with Crippen molar-refractivity contribution in [3.05, 3.63) is 0 Å². The molecule has 2 heterocycles. The number of ether oxygens (including phenoxy) is 2. The van der Waals surface area contributed by atoms with Crippen molar-refractivity contribution in [2.75, 3.05) is 52.5 Å². The molecule has 10 heteroatoms. The van der Waals surface area contributed by atoms with E-state index in [4.69, 9.17) is 14.5 Å². The summed E-state index contributed by atoms with van der Waals surface area (Å²) in [5, 5.41) is 15.8. The van der Waals surface area contributed by atoms with Gasteiger partial charge in [0.15, 0.2) is 0 Å². The van der Waals surface area contributed by atoms with Crippen LogP contribution in [-0.4, -0.2) is 91.9 Å². The molecule has 196 valence electrons. The smallest absolute Gasteiger partial charge is 0.413 e. The van der Waals surface area contributed by atoms with Gasteiger partial charge < -0.3 is 24.6 Å². The van der Waals surface area contributed by atoms with Crippen LogP contribution >= 0.6 is 0 Å². The number of likely N-dealkylation sites (tertiary alicyclic amines) is 1. The molecule has 3 rings (SSSR count). The summed E-state index contributed by atoms with van der Waals surface area (Å²) in [7, 11) is 0. The Hall–Kier alpha value is -2.38. The quantitative estimate of drug-likeness (QED) is 0.415. The van der Waals surface area contributed by atoms with Gasteiger partial charge in [0.05, 0.1) is 25.9 Å². The number of hydrogen-bond acceptors (Lipinski definition) is 7. The minimum Gasteiger partial charge on any atom is -0.450 e. The molecule has 3 aliphatic rings. The topological polar surface area (TPSA) is 119 Å². The van der Waals surface area contributed by atoms with Gasteiger partial charge >= 0.3 is 6.09 Å².